The number of aromatic hydroxyl groups is 2. The van der Waals surface area contributed by atoms with Crippen molar-refractivity contribution in [3.05, 3.63) is 46.4 Å². The Morgan fingerprint density at radius 2 is 1.50 bits per heavy atom. The second-order valence-electron chi connectivity index (χ2n) is 7.39. The maximum atomic E-state index is 12.4. The number of phenols is 2. The van der Waals surface area contributed by atoms with Gasteiger partial charge in [0.05, 0.1) is 5.70 Å². The number of hydrogen-bond donors (Lipinski definition) is 4. The van der Waals surface area contributed by atoms with Crippen LogP contribution in [0.1, 0.15) is 15.9 Å². The minimum Gasteiger partial charge on any atom is -0.508 e. The van der Waals surface area contributed by atoms with Gasteiger partial charge in [0.2, 0.25) is 11.6 Å². The van der Waals surface area contributed by atoms with Crippen LogP contribution >= 0.6 is 0 Å². The third kappa shape index (κ3) is 3.81. The number of carbonyl (C=O) groups is 3. The van der Waals surface area contributed by atoms with Gasteiger partial charge in [0, 0.05) is 57.5 Å². The molecule has 0 bridgehead atoms. The van der Waals surface area contributed by atoms with E-state index in [0.717, 1.165) is 45.3 Å². The van der Waals surface area contributed by atoms with Crippen molar-refractivity contribution >= 4 is 17.5 Å². The molecule has 10 nitrogen and oxygen atoms in total. The molecule has 5 rings (SSSR count). The lowest BCUT2D eigenvalue weighted by molar-refractivity contribution is -0.117. The van der Waals surface area contributed by atoms with E-state index in [2.05, 4.69) is 0 Å². The summed E-state index contributed by atoms with van der Waals surface area (Å²) in [5, 5.41) is 27.0. The number of benzene rings is 1. The van der Waals surface area contributed by atoms with Gasteiger partial charge in [0.1, 0.15) is 28.5 Å². The Labute approximate surface area is 172 Å². The van der Waals surface area contributed by atoms with Crippen molar-refractivity contribution in [1.29, 1.82) is 0 Å². The Hall–Kier alpha value is -3.53. The van der Waals surface area contributed by atoms with Crippen LogP contribution in [0.4, 0.5) is 0 Å². The van der Waals surface area contributed by atoms with E-state index in [1.807, 2.05) is 14.7 Å². The Morgan fingerprint density at radius 3 is 2.00 bits per heavy atom. The molecule has 0 atom stereocenters. The fraction of sp³-hybridized carbons (Fsp3) is 0.350. The quantitative estimate of drug-likeness (QED) is 0.281. The molecule has 0 unspecified atom stereocenters. The standard InChI is InChI=1S/C12H13N3O2.C8H9NO4/c16-9-7-8(13-1-2-13)12(17)11(15-5-6-15)10(9)14-3-4-14;9-3-4-1-5(10)2-6(7(4)11)8(12)13/h7H,1-6H2;1-2,10-11H,3,9H2,(H,12,13). The number of Topliss-reactive ketones (excluding diaryl/α,β-unsaturated/α-hetero) is 1. The van der Waals surface area contributed by atoms with Gasteiger partial charge in [-0.05, 0) is 12.1 Å². The van der Waals surface area contributed by atoms with E-state index in [1.165, 1.54) is 12.1 Å². The first kappa shape index (κ1) is 19.8. The van der Waals surface area contributed by atoms with Gasteiger partial charge in [-0.15, -0.1) is 0 Å². The summed E-state index contributed by atoms with van der Waals surface area (Å²) in [4.78, 5) is 41.0. The second kappa shape index (κ2) is 7.38. The lowest BCUT2D eigenvalue weighted by atomic mass is 10.0. The van der Waals surface area contributed by atoms with Gasteiger partial charge in [-0.2, -0.15) is 0 Å². The molecule has 0 aromatic heterocycles. The number of allylic oxidation sites excluding steroid dienone is 1. The monoisotopic (exact) mass is 414 g/mol. The summed E-state index contributed by atoms with van der Waals surface area (Å²) >= 11 is 0. The average Bonchev–Trinajstić information content (AvgIpc) is 3.57. The summed E-state index contributed by atoms with van der Waals surface area (Å²) in [6, 6.07) is 2.19. The minimum absolute atomic E-state index is 0.00546. The first-order valence-corrected chi connectivity index (χ1v) is 9.60. The van der Waals surface area contributed by atoms with Crippen molar-refractivity contribution in [2.75, 3.05) is 39.3 Å². The van der Waals surface area contributed by atoms with E-state index in [9.17, 15) is 19.5 Å². The van der Waals surface area contributed by atoms with Crippen molar-refractivity contribution in [3.8, 4) is 11.5 Å². The van der Waals surface area contributed by atoms with E-state index < -0.39 is 11.7 Å². The Morgan fingerprint density at radius 1 is 0.933 bits per heavy atom. The van der Waals surface area contributed by atoms with Gasteiger partial charge >= 0.3 is 5.97 Å². The van der Waals surface area contributed by atoms with Crippen molar-refractivity contribution in [3.63, 3.8) is 0 Å². The van der Waals surface area contributed by atoms with Crippen LogP contribution in [0.15, 0.2) is 35.3 Å². The van der Waals surface area contributed by atoms with Gasteiger partial charge < -0.3 is 35.8 Å². The third-order valence-corrected chi connectivity index (χ3v) is 5.11. The number of nitrogens with two attached hydrogens (primary N) is 1. The molecule has 3 saturated heterocycles. The predicted octanol–water partition coefficient (Wildman–Crippen LogP) is -0.565. The number of nitrogens with zero attached hydrogens (tertiary/aromatic N) is 3. The molecule has 0 saturated carbocycles. The van der Waals surface area contributed by atoms with Crippen molar-refractivity contribution in [2.45, 2.75) is 6.54 Å². The topological polar surface area (TPSA) is 147 Å². The van der Waals surface area contributed by atoms with E-state index in [-0.39, 0.29) is 35.0 Å². The van der Waals surface area contributed by atoms with Crippen molar-refractivity contribution in [1.82, 2.24) is 14.7 Å². The maximum absolute atomic E-state index is 12.4. The zero-order chi connectivity index (χ0) is 21.6. The summed E-state index contributed by atoms with van der Waals surface area (Å²) in [5.74, 6) is -1.88. The van der Waals surface area contributed by atoms with E-state index in [4.69, 9.17) is 15.9 Å². The van der Waals surface area contributed by atoms with Crippen LogP contribution in [0.2, 0.25) is 0 Å². The van der Waals surface area contributed by atoms with Crippen LogP contribution in [0.3, 0.4) is 0 Å². The number of aromatic carboxylic acids is 1. The molecule has 3 fully saturated rings. The van der Waals surface area contributed by atoms with Crippen molar-refractivity contribution in [2.24, 2.45) is 5.73 Å². The van der Waals surface area contributed by atoms with Crippen LogP contribution < -0.4 is 5.73 Å². The normalized spacial score (nSPS) is 19.4. The Bertz CT molecular complexity index is 1000. The number of phenolic OH excluding ortho intramolecular Hbond substituents is 1. The molecular weight excluding hydrogens is 392 g/mol. The number of rotatable bonds is 5. The molecule has 1 aliphatic carbocycles. The highest BCUT2D eigenvalue weighted by Gasteiger charge is 2.43. The van der Waals surface area contributed by atoms with Gasteiger partial charge in [-0.25, -0.2) is 4.79 Å². The molecule has 4 aliphatic rings. The summed E-state index contributed by atoms with van der Waals surface area (Å²) in [6.45, 7) is 5.38. The number of carbonyl (C=O) groups excluding carboxylic acids is 2. The lowest BCUT2D eigenvalue weighted by Gasteiger charge is -2.21. The van der Waals surface area contributed by atoms with E-state index >= 15 is 0 Å². The van der Waals surface area contributed by atoms with Crippen LogP contribution in [0.5, 0.6) is 11.5 Å². The van der Waals surface area contributed by atoms with Crippen LogP contribution in [-0.2, 0) is 16.1 Å². The Kier molecular flexibility index (Phi) is 4.86. The zero-order valence-corrected chi connectivity index (χ0v) is 16.2. The van der Waals surface area contributed by atoms with Crippen LogP contribution in [0, 0.1) is 0 Å². The summed E-state index contributed by atoms with van der Waals surface area (Å²) in [7, 11) is 0. The fourth-order valence-corrected chi connectivity index (χ4v) is 3.27. The highest BCUT2D eigenvalue weighted by Crippen LogP contribution is 2.34. The number of carboxylic acid groups (broad SMARTS) is 1. The van der Waals surface area contributed by atoms with Crippen molar-refractivity contribution < 1.29 is 29.7 Å². The predicted molar refractivity (Wildman–Crippen MR) is 104 cm³/mol. The third-order valence-electron chi connectivity index (χ3n) is 5.11. The summed E-state index contributed by atoms with van der Waals surface area (Å²) in [6.07, 6.45) is 1.52. The molecule has 158 valence electrons. The lowest BCUT2D eigenvalue weighted by Crippen LogP contribution is -2.29. The maximum Gasteiger partial charge on any atom is 0.339 e. The van der Waals surface area contributed by atoms with Crippen LogP contribution in [-0.4, -0.2) is 86.8 Å². The number of ketones is 2. The fourth-order valence-electron chi connectivity index (χ4n) is 3.27. The molecule has 0 amide bonds. The van der Waals surface area contributed by atoms with E-state index in [0.29, 0.717) is 17.1 Å². The first-order chi connectivity index (χ1) is 14.3. The number of hydrogen-bond acceptors (Lipinski definition) is 9. The molecule has 5 N–H and O–H groups in total. The molecule has 3 heterocycles. The number of carboxylic acids is 1. The zero-order valence-electron chi connectivity index (χ0n) is 16.2. The molecular formula is C20H22N4O6. The largest absolute Gasteiger partial charge is 0.508 e. The highest BCUT2D eigenvalue weighted by atomic mass is 16.4. The van der Waals surface area contributed by atoms with Gasteiger partial charge in [-0.3, -0.25) is 9.59 Å². The molecule has 0 spiro atoms. The van der Waals surface area contributed by atoms with Gasteiger partial charge in [0.25, 0.3) is 0 Å². The molecule has 3 aliphatic heterocycles. The summed E-state index contributed by atoms with van der Waals surface area (Å²) < 4.78 is 0. The SMILES string of the molecule is NCc1cc(O)cc(C(=O)O)c1O.O=C1C=C(N2CC2)C(=O)C(N2CC2)=C1N1CC1. The Balaban J connectivity index is 0.000000152. The van der Waals surface area contributed by atoms with E-state index in [1.54, 1.807) is 0 Å². The molecule has 1 aromatic rings. The molecule has 1 aromatic carbocycles. The molecule has 0 radical (unpaired) electrons. The first-order valence-electron chi connectivity index (χ1n) is 9.60. The smallest absolute Gasteiger partial charge is 0.339 e. The second-order valence-corrected chi connectivity index (χ2v) is 7.39. The molecule has 10 heteroatoms. The van der Waals surface area contributed by atoms with Gasteiger partial charge in [0.15, 0.2) is 0 Å². The van der Waals surface area contributed by atoms with Crippen LogP contribution in [0.25, 0.3) is 0 Å². The minimum atomic E-state index is -1.30. The highest BCUT2D eigenvalue weighted by molar-refractivity contribution is 6.22. The van der Waals surface area contributed by atoms with Gasteiger partial charge in [-0.1, -0.05) is 0 Å². The average molecular weight is 414 g/mol. The summed E-state index contributed by atoms with van der Waals surface area (Å²) in [5.41, 5.74) is 6.97. The molecule has 30 heavy (non-hydrogen) atoms.